The van der Waals surface area contributed by atoms with E-state index in [-0.39, 0.29) is 18.4 Å². The van der Waals surface area contributed by atoms with Crippen molar-refractivity contribution in [2.24, 2.45) is 0 Å². The third-order valence-electron chi connectivity index (χ3n) is 4.52. The Labute approximate surface area is 156 Å². The number of thiophene rings is 1. The van der Waals surface area contributed by atoms with Crippen LogP contribution in [0, 0.1) is 0 Å². The quantitative estimate of drug-likeness (QED) is 0.728. The van der Waals surface area contributed by atoms with Gasteiger partial charge in [0.15, 0.2) is 5.82 Å². The van der Waals surface area contributed by atoms with E-state index < -0.39 is 0 Å². The second-order valence-electron chi connectivity index (χ2n) is 6.13. The third kappa shape index (κ3) is 3.47. The van der Waals surface area contributed by atoms with Gasteiger partial charge >= 0.3 is 0 Å². The van der Waals surface area contributed by atoms with Crippen molar-refractivity contribution in [2.75, 3.05) is 18.5 Å². The second-order valence-corrected chi connectivity index (χ2v) is 7.03. The molecule has 0 saturated carbocycles. The zero-order valence-corrected chi connectivity index (χ0v) is 15.8. The lowest BCUT2D eigenvalue weighted by Crippen LogP contribution is -2.25. The van der Waals surface area contributed by atoms with Gasteiger partial charge in [0.1, 0.15) is 23.0 Å². The van der Waals surface area contributed by atoms with E-state index in [9.17, 15) is 0 Å². The molecule has 4 rings (SSSR count). The lowest BCUT2D eigenvalue weighted by atomic mass is 10.2. The molecular weight excluding hydrogens is 360 g/mol. The molecule has 1 aliphatic rings. The average molecular weight is 381 g/mol. The molecule has 1 aliphatic heterocycles. The molecule has 0 aromatic carbocycles. The Morgan fingerprint density at radius 2 is 2.32 bits per heavy atom. The number of halogens is 1. The third-order valence-corrected chi connectivity index (χ3v) is 5.34. The van der Waals surface area contributed by atoms with Gasteiger partial charge in [0.05, 0.1) is 5.39 Å². The van der Waals surface area contributed by atoms with Crippen LogP contribution in [0.25, 0.3) is 10.2 Å². The molecule has 7 nitrogen and oxygen atoms in total. The summed E-state index contributed by atoms with van der Waals surface area (Å²) in [7, 11) is 1.94. The zero-order valence-electron chi connectivity index (χ0n) is 14.2. The Morgan fingerprint density at radius 1 is 1.44 bits per heavy atom. The Balaban J connectivity index is 0.00000182. The molecule has 25 heavy (non-hydrogen) atoms. The lowest BCUT2D eigenvalue weighted by molar-refractivity contribution is 0.349. The Hall–Kier alpha value is -1.77. The van der Waals surface area contributed by atoms with Gasteiger partial charge in [-0.05, 0) is 38.3 Å². The molecule has 1 N–H and O–H groups in total. The van der Waals surface area contributed by atoms with Crippen molar-refractivity contribution in [3.63, 3.8) is 0 Å². The van der Waals surface area contributed by atoms with Gasteiger partial charge in [0.25, 0.3) is 0 Å². The van der Waals surface area contributed by atoms with Crippen molar-refractivity contribution in [3.8, 4) is 0 Å². The predicted molar refractivity (Wildman–Crippen MR) is 101 cm³/mol. The van der Waals surface area contributed by atoms with Gasteiger partial charge < -0.3 is 14.7 Å². The smallest absolute Gasteiger partial charge is 0.249 e. The van der Waals surface area contributed by atoms with Crippen molar-refractivity contribution in [1.82, 2.24) is 25.4 Å². The largest absolute Gasteiger partial charge is 0.344 e. The molecule has 0 radical (unpaired) electrons. The highest BCUT2D eigenvalue weighted by atomic mass is 35.5. The van der Waals surface area contributed by atoms with E-state index in [2.05, 4.69) is 48.7 Å². The van der Waals surface area contributed by atoms with Gasteiger partial charge in [0.2, 0.25) is 5.89 Å². The van der Waals surface area contributed by atoms with Crippen LogP contribution in [-0.4, -0.2) is 39.7 Å². The first kappa shape index (κ1) is 18.0. The van der Waals surface area contributed by atoms with E-state index >= 15 is 0 Å². The summed E-state index contributed by atoms with van der Waals surface area (Å²) >= 11 is 1.63. The minimum absolute atomic E-state index is 0. The molecule has 0 amide bonds. The number of anilines is 1. The summed E-state index contributed by atoms with van der Waals surface area (Å²) in [4.78, 5) is 16.8. The Kier molecular flexibility index (Phi) is 5.51. The monoisotopic (exact) mass is 380 g/mol. The highest BCUT2D eigenvalue weighted by Crippen LogP contribution is 2.38. The second kappa shape index (κ2) is 7.63. The molecular formula is C16H21ClN6OS. The summed E-state index contributed by atoms with van der Waals surface area (Å²) in [5.74, 6) is 2.40. The number of hydrogen-bond acceptors (Lipinski definition) is 8. The minimum atomic E-state index is 0. The van der Waals surface area contributed by atoms with E-state index in [0.717, 1.165) is 47.7 Å². The summed E-state index contributed by atoms with van der Waals surface area (Å²) in [5, 5.41) is 10.5. The van der Waals surface area contributed by atoms with E-state index in [4.69, 9.17) is 4.52 Å². The van der Waals surface area contributed by atoms with Crippen LogP contribution in [0.1, 0.15) is 37.5 Å². The standard InChI is InChI=1S/C16H20N6OS.ClH/c1-10(17-2)8-13-20-15(23-21-13)12-4-3-6-22(12)14-11-5-7-24-16(11)19-9-18-14;/h5,7,9-10,12,17H,3-4,6,8H2,1-2H3;1H. The molecule has 1 saturated heterocycles. The van der Waals surface area contributed by atoms with Crippen LogP contribution in [0.15, 0.2) is 22.3 Å². The topological polar surface area (TPSA) is 80.0 Å². The maximum Gasteiger partial charge on any atom is 0.249 e. The van der Waals surface area contributed by atoms with E-state index in [1.165, 1.54) is 0 Å². The van der Waals surface area contributed by atoms with Crippen LogP contribution in [0.2, 0.25) is 0 Å². The van der Waals surface area contributed by atoms with Crippen LogP contribution in [0.4, 0.5) is 5.82 Å². The van der Waals surface area contributed by atoms with Crippen molar-refractivity contribution < 1.29 is 4.52 Å². The normalized spacial score (nSPS) is 18.5. The molecule has 3 aromatic rings. The molecule has 2 atom stereocenters. The van der Waals surface area contributed by atoms with Crippen molar-refractivity contribution in [3.05, 3.63) is 29.5 Å². The minimum Gasteiger partial charge on any atom is -0.344 e. The molecule has 2 unspecified atom stereocenters. The average Bonchev–Trinajstić information content (AvgIpc) is 3.33. The number of nitrogens with one attached hydrogen (secondary N) is 1. The molecule has 134 valence electrons. The van der Waals surface area contributed by atoms with Crippen LogP contribution in [0.3, 0.4) is 0 Å². The van der Waals surface area contributed by atoms with Crippen molar-refractivity contribution in [2.45, 2.75) is 38.3 Å². The number of nitrogens with zero attached hydrogens (tertiary/aromatic N) is 5. The summed E-state index contributed by atoms with van der Waals surface area (Å²) < 4.78 is 5.57. The first-order chi connectivity index (χ1) is 11.8. The zero-order chi connectivity index (χ0) is 16.5. The highest BCUT2D eigenvalue weighted by Gasteiger charge is 2.32. The van der Waals surface area contributed by atoms with Crippen LogP contribution in [-0.2, 0) is 6.42 Å². The van der Waals surface area contributed by atoms with Gasteiger partial charge in [-0.25, -0.2) is 9.97 Å². The first-order valence-corrected chi connectivity index (χ1v) is 9.09. The maximum absolute atomic E-state index is 5.57. The number of rotatable bonds is 5. The van der Waals surface area contributed by atoms with Crippen molar-refractivity contribution >= 4 is 39.8 Å². The number of likely N-dealkylation sites (N-methyl/N-ethyl adjacent to an activating group) is 1. The fraction of sp³-hybridized carbons (Fsp3) is 0.500. The molecule has 0 bridgehead atoms. The van der Waals surface area contributed by atoms with Crippen molar-refractivity contribution in [1.29, 1.82) is 0 Å². The SMILES string of the molecule is CNC(C)Cc1noc(C2CCCN2c2ncnc3sccc23)n1.Cl. The van der Waals surface area contributed by atoms with Gasteiger partial charge in [0, 0.05) is 19.0 Å². The summed E-state index contributed by atoms with van der Waals surface area (Å²) in [5.41, 5.74) is 0. The Morgan fingerprint density at radius 3 is 3.16 bits per heavy atom. The van der Waals surface area contributed by atoms with E-state index in [1.54, 1.807) is 17.7 Å². The molecule has 9 heteroatoms. The van der Waals surface area contributed by atoms with Crippen LogP contribution in [0.5, 0.6) is 0 Å². The van der Waals surface area contributed by atoms with Gasteiger partial charge in [-0.3, -0.25) is 0 Å². The summed E-state index contributed by atoms with van der Waals surface area (Å²) in [6, 6.07) is 2.50. The Bertz CT molecular complexity index is 837. The highest BCUT2D eigenvalue weighted by molar-refractivity contribution is 7.16. The van der Waals surface area contributed by atoms with Gasteiger partial charge in [-0.2, -0.15) is 4.98 Å². The van der Waals surface area contributed by atoms with Gasteiger partial charge in [-0.15, -0.1) is 23.7 Å². The fourth-order valence-electron chi connectivity index (χ4n) is 3.14. The molecule has 3 aromatic heterocycles. The van der Waals surface area contributed by atoms with Crippen LogP contribution >= 0.6 is 23.7 Å². The number of fused-ring (bicyclic) bond motifs is 1. The summed E-state index contributed by atoms with van der Waals surface area (Å²) in [6.07, 6.45) is 4.48. The maximum atomic E-state index is 5.57. The molecule has 0 spiro atoms. The fourth-order valence-corrected chi connectivity index (χ4v) is 3.87. The number of aromatic nitrogens is 4. The van der Waals surface area contributed by atoms with E-state index in [0.29, 0.717) is 11.9 Å². The predicted octanol–water partition coefficient (Wildman–Crippen LogP) is 2.99. The van der Waals surface area contributed by atoms with Crippen LogP contribution < -0.4 is 10.2 Å². The summed E-state index contributed by atoms with van der Waals surface area (Å²) in [6.45, 7) is 3.04. The molecule has 1 fully saturated rings. The lowest BCUT2D eigenvalue weighted by Gasteiger charge is -2.23. The number of hydrogen-bond donors (Lipinski definition) is 1. The molecule has 4 heterocycles. The molecule has 0 aliphatic carbocycles. The first-order valence-electron chi connectivity index (χ1n) is 8.21. The van der Waals surface area contributed by atoms with E-state index in [1.807, 2.05) is 7.05 Å². The van der Waals surface area contributed by atoms with Gasteiger partial charge in [-0.1, -0.05) is 5.16 Å².